The average Bonchev–Trinajstić information content (AvgIpc) is 3.01. The zero-order chi connectivity index (χ0) is 15.9. The van der Waals surface area contributed by atoms with E-state index in [1.54, 1.807) is 12.4 Å². The van der Waals surface area contributed by atoms with Crippen molar-refractivity contribution < 1.29 is 14.7 Å². The molecule has 1 aromatic carbocycles. The van der Waals surface area contributed by atoms with Gasteiger partial charge in [0.1, 0.15) is 6.04 Å². The number of carboxylic acids is 1. The predicted octanol–water partition coefficient (Wildman–Crippen LogP) is 3.05. The molecule has 1 heterocycles. The van der Waals surface area contributed by atoms with E-state index in [9.17, 15) is 14.7 Å². The molecule has 0 aliphatic carbocycles. The van der Waals surface area contributed by atoms with Gasteiger partial charge in [0.15, 0.2) is 0 Å². The zero-order valence-corrected chi connectivity index (χ0v) is 12.5. The third-order valence-corrected chi connectivity index (χ3v) is 3.52. The van der Waals surface area contributed by atoms with Crippen molar-refractivity contribution in [3.63, 3.8) is 0 Å². The van der Waals surface area contributed by atoms with Crippen molar-refractivity contribution in [2.75, 3.05) is 0 Å². The molecule has 0 spiro atoms. The molecule has 0 aliphatic heterocycles. The molecule has 5 nitrogen and oxygen atoms in total. The van der Waals surface area contributed by atoms with E-state index in [1.807, 2.05) is 37.3 Å². The maximum atomic E-state index is 12.4. The Kier molecular flexibility index (Phi) is 5.36. The molecule has 1 atom stereocenters. The van der Waals surface area contributed by atoms with Gasteiger partial charge in [-0.05, 0) is 12.0 Å². The quantitative estimate of drug-likeness (QED) is 0.735. The van der Waals surface area contributed by atoms with Gasteiger partial charge >= 0.3 is 5.97 Å². The van der Waals surface area contributed by atoms with E-state index >= 15 is 0 Å². The lowest BCUT2D eigenvalue weighted by molar-refractivity contribution is -0.139. The first kappa shape index (κ1) is 15.8. The molecule has 0 saturated heterocycles. The monoisotopic (exact) mass is 300 g/mol. The second-order valence-electron chi connectivity index (χ2n) is 5.16. The minimum atomic E-state index is -1.00. The number of carbonyl (C=O) groups is 2. The van der Waals surface area contributed by atoms with Crippen LogP contribution in [0.25, 0.3) is 11.1 Å². The van der Waals surface area contributed by atoms with Crippen LogP contribution in [0.2, 0.25) is 0 Å². The summed E-state index contributed by atoms with van der Waals surface area (Å²) in [6.45, 7) is 1.99. The van der Waals surface area contributed by atoms with E-state index in [-0.39, 0.29) is 5.91 Å². The fourth-order valence-corrected chi connectivity index (χ4v) is 2.31. The van der Waals surface area contributed by atoms with E-state index in [4.69, 9.17) is 0 Å². The summed E-state index contributed by atoms with van der Waals surface area (Å²) in [5.74, 6) is -1.37. The normalized spacial score (nSPS) is 11.9. The number of carbonyl (C=O) groups excluding carboxylic acids is 1. The molecule has 1 aromatic heterocycles. The Balaban J connectivity index is 2.16. The van der Waals surface area contributed by atoms with Crippen LogP contribution in [0.15, 0.2) is 42.7 Å². The summed E-state index contributed by atoms with van der Waals surface area (Å²) >= 11 is 0. The number of carboxylic acid groups (broad SMARTS) is 1. The first-order valence-electron chi connectivity index (χ1n) is 7.39. The standard InChI is InChI=1S/C17H20N2O3/c1-2-3-9-15(17(21)22)19-16(20)14-11-18-10-13(14)12-7-5-4-6-8-12/h4-8,10-11,15,18H,2-3,9H2,1H3,(H,19,20)(H,21,22). The van der Waals surface area contributed by atoms with Crippen LogP contribution in [-0.2, 0) is 4.79 Å². The molecule has 3 N–H and O–H groups in total. The van der Waals surface area contributed by atoms with E-state index in [1.165, 1.54) is 0 Å². The number of aromatic nitrogens is 1. The molecule has 1 unspecified atom stereocenters. The van der Waals surface area contributed by atoms with Crippen LogP contribution in [0.4, 0.5) is 0 Å². The Morgan fingerprint density at radius 3 is 2.59 bits per heavy atom. The summed E-state index contributed by atoms with van der Waals surface area (Å²) in [5, 5.41) is 11.8. The molecule has 0 radical (unpaired) electrons. The summed E-state index contributed by atoms with van der Waals surface area (Å²) in [6, 6.07) is 8.65. The van der Waals surface area contributed by atoms with Gasteiger partial charge in [0, 0.05) is 18.0 Å². The van der Waals surface area contributed by atoms with Crippen LogP contribution in [0.5, 0.6) is 0 Å². The van der Waals surface area contributed by atoms with Gasteiger partial charge in [0.05, 0.1) is 5.56 Å². The van der Waals surface area contributed by atoms with Crippen LogP contribution in [0.3, 0.4) is 0 Å². The molecule has 2 aromatic rings. The number of hydrogen-bond donors (Lipinski definition) is 3. The van der Waals surface area contributed by atoms with E-state index in [0.29, 0.717) is 12.0 Å². The Morgan fingerprint density at radius 1 is 1.23 bits per heavy atom. The fraction of sp³-hybridized carbons (Fsp3) is 0.294. The summed E-state index contributed by atoms with van der Waals surface area (Å²) in [6.07, 6.45) is 5.42. The number of aromatic amines is 1. The Bertz CT molecular complexity index is 634. The van der Waals surface area contributed by atoms with Gasteiger partial charge in [-0.25, -0.2) is 4.79 Å². The number of H-pyrrole nitrogens is 1. The minimum absolute atomic E-state index is 0.372. The summed E-state index contributed by atoms with van der Waals surface area (Å²) in [7, 11) is 0. The van der Waals surface area contributed by atoms with Gasteiger partial charge in [-0.15, -0.1) is 0 Å². The second-order valence-corrected chi connectivity index (χ2v) is 5.16. The SMILES string of the molecule is CCCCC(NC(=O)c1c[nH]cc1-c1ccccc1)C(=O)O. The highest BCUT2D eigenvalue weighted by Crippen LogP contribution is 2.23. The smallest absolute Gasteiger partial charge is 0.326 e. The zero-order valence-electron chi connectivity index (χ0n) is 12.5. The summed E-state index contributed by atoms with van der Waals surface area (Å²) < 4.78 is 0. The van der Waals surface area contributed by atoms with Crippen molar-refractivity contribution >= 4 is 11.9 Å². The molecule has 22 heavy (non-hydrogen) atoms. The van der Waals surface area contributed by atoms with Gasteiger partial charge in [0.25, 0.3) is 5.91 Å². The van der Waals surface area contributed by atoms with E-state index < -0.39 is 12.0 Å². The first-order chi connectivity index (χ1) is 10.6. The van der Waals surface area contributed by atoms with Crippen molar-refractivity contribution in [2.24, 2.45) is 0 Å². The van der Waals surface area contributed by atoms with Crippen LogP contribution in [0.1, 0.15) is 36.5 Å². The summed E-state index contributed by atoms with van der Waals surface area (Å²) in [5.41, 5.74) is 2.13. The van der Waals surface area contributed by atoms with Crippen LogP contribution >= 0.6 is 0 Å². The van der Waals surface area contributed by atoms with Crippen molar-refractivity contribution in [1.29, 1.82) is 0 Å². The van der Waals surface area contributed by atoms with Crippen molar-refractivity contribution in [3.8, 4) is 11.1 Å². The topological polar surface area (TPSA) is 82.2 Å². The number of rotatable bonds is 7. The highest BCUT2D eigenvalue weighted by Gasteiger charge is 2.22. The van der Waals surface area contributed by atoms with Gasteiger partial charge in [-0.2, -0.15) is 0 Å². The minimum Gasteiger partial charge on any atom is -0.480 e. The number of hydrogen-bond acceptors (Lipinski definition) is 2. The molecule has 0 fully saturated rings. The Labute approximate surface area is 129 Å². The first-order valence-corrected chi connectivity index (χ1v) is 7.39. The largest absolute Gasteiger partial charge is 0.480 e. The molecule has 0 aliphatic rings. The third kappa shape index (κ3) is 3.75. The maximum Gasteiger partial charge on any atom is 0.326 e. The molecule has 0 bridgehead atoms. The number of benzene rings is 1. The fourth-order valence-electron chi connectivity index (χ4n) is 2.31. The molecule has 5 heteroatoms. The van der Waals surface area contributed by atoms with Gasteiger partial charge in [-0.3, -0.25) is 4.79 Å². The lowest BCUT2D eigenvalue weighted by Crippen LogP contribution is -2.40. The third-order valence-electron chi connectivity index (χ3n) is 3.52. The molecule has 1 amide bonds. The highest BCUT2D eigenvalue weighted by atomic mass is 16.4. The van der Waals surface area contributed by atoms with Crippen LogP contribution < -0.4 is 5.32 Å². The Morgan fingerprint density at radius 2 is 1.95 bits per heavy atom. The molecule has 116 valence electrons. The highest BCUT2D eigenvalue weighted by molar-refractivity contribution is 6.02. The molecule has 0 saturated carbocycles. The van der Waals surface area contributed by atoms with Crippen molar-refractivity contribution in [1.82, 2.24) is 10.3 Å². The van der Waals surface area contributed by atoms with Gasteiger partial charge in [-0.1, -0.05) is 50.1 Å². The molecular weight excluding hydrogens is 280 g/mol. The second kappa shape index (κ2) is 7.45. The van der Waals surface area contributed by atoms with E-state index in [2.05, 4.69) is 10.3 Å². The van der Waals surface area contributed by atoms with Crippen molar-refractivity contribution in [3.05, 3.63) is 48.3 Å². The molecular formula is C17H20N2O3. The summed E-state index contributed by atoms with van der Waals surface area (Å²) in [4.78, 5) is 26.5. The van der Waals surface area contributed by atoms with Gasteiger partial charge in [0.2, 0.25) is 0 Å². The lowest BCUT2D eigenvalue weighted by Gasteiger charge is -2.14. The Hall–Kier alpha value is -2.56. The number of amides is 1. The maximum absolute atomic E-state index is 12.4. The average molecular weight is 300 g/mol. The molecule has 2 rings (SSSR count). The number of nitrogens with one attached hydrogen (secondary N) is 2. The van der Waals surface area contributed by atoms with E-state index in [0.717, 1.165) is 24.0 Å². The van der Waals surface area contributed by atoms with Gasteiger partial charge < -0.3 is 15.4 Å². The lowest BCUT2D eigenvalue weighted by atomic mass is 10.0. The number of aliphatic carboxylic acids is 1. The number of unbranched alkanes of at least 4 members (excludes halogenated alkanes) is 1. The van der Waals surface area contributed by atoms with Crippen LogP contribution in [0, 0.1) is 0 Å². The van der Waals surface area contributed by atoms with Crippen LogP contribution in [-0.4, -0.2) is 28.0 Å². The van der Waals surface area contributed by atoms with Crippen molar-refractivity contribution in [2.45, 2.75) is 32.2 Å². The predicted molar refractivity (Wildman–Crippen MR) is 84.6 cm³/mol.